The van der Waals surface area contributed by atoms with Crippen LogP contribution in [-0.2, 0) is 4.79 Å². The zero-order valence-electron chi connectivity index (χ0n) is 16.8. The van der Waals surface area contributed by atoms with Crippen LogP contribution in [0.2, 0.25) is 0 Å². The second-order valence-corrected chi connectivity index (χ2v) is 6.34. The Hall–Kier alpha value is -3.86. The van der Waals surface area contributed by atoms with Crippen LogP contribution in [0.3, 0.4) is 0 Å². The van der Waals surface area contributed by atoms with Gasteiger partial charge in [0, 0.05) is 18.3 Å². The van der Waals surface area contributed by atoms with Crippen LogP contribution in [0.5, 0.6) is 5.75 Å². The number of aromatic nitrogens is 2. The first-order valence-corrected chi connectivity index (χ1v) is 9.12. The number of halogens is 3. The van der Waals surface area contributed by atoms with Gasteiger partial charge < -0.3 is 20.3 Å². The Morgan fingerprint density at radius 3 is 2.34 bits per heavy atom. The summed E-state index contributed by atoms with van der Waals surface area (Å²) in [4.78, 5) is 21.3. The number of carbonyl (C=O) groups is 2. The lowest BCUT2D eigenvalue weighted by atomic mass is 10.1. The number of benzene rings is 2. The highest BCUT2D eigenvalue weighted by molar-refractivity contribution is 5.97. The number of alkyl halides is 3. The van der Waals surface area contributed by atoms with Crippen LogP contribution < -0.4 is 10.1 Å². The molecule has 0 aliphatic rings. The summed E-state index contributed by atoms with van der Waals surface area (Å²) < 4.78 is 37.1. The summed E-state index contributed by atoms with van der Waals surface area (Å²) >= 11 is 0. The predicted octanol–water partition coefficient (Wildman–Crippen LogP) is 3.18. The Labute approximate surface area is 180 Å². The fraction of sp³-hybridized carbons (Fsp3) is 0.190. The van der Waals surface area contributed by atoms with Gasteiger partial charge in [-0.3, -0.25) is 9.89 Å². The van der Waals surface area contributed by atoms with Crippen molar-refractivity contribution in [3.8, 4) is 16.9 Å². The lowest BCUT2D eigenvalue weighted by Crippen LogP contribution is -2.28. The number of aliphatic hydroxyl groups is 1. The van der Waals surface area contributed by atoms with E-state index in [0.717, 1.165) is 16.7 Å². The van der Waals surface area contributed by atoms with Crippen molar-refractivity contribution >= 4 is 11.9 Å². The predicted molar refractivity (Wildman–Crippen MR) is 108 cm³/mol. The molecule has 1 aromatic heterocycles. The van der Waals surface area contributed by atoms with Crippen LogP contribution in [0.25, 0.3) is 11.1 Å². The van der Waals surface area contributed by atoms with Gasteiger partial charge in [-0.05, 0) is 23.3 Å². The van der Waals surface area contributed by atoms with Crippen molar-refractivity contribution in [2.45, 2.75) is 12.3 Å². The molecule has 1 amide bonds. The number of amides is 1. The third kappa shape index (κ3) is 6.84. The monoisotopic (exact) mass is 451 g/mol. The largest absolute Gasteiger partial charge is 0.496 e. The highest BCUT2D eigenvalue weighted by atomic mass is 19.4. The minimum atomic E-state index is -5.08. The topological polar surface area (TPSA) is 125 Å². The number of carboxylic acid groups (broad SMARTS) is 1. The van der Waals surface area contributed by atoms with Gasteiger partial charge in [0.2, 0.25) is 0 Å². The summed E-state index contributed by atoms with van der Waals surface area (Å²) in [5.41, 5.74) is 2.97. The van der Waals surface area contributed by atoms with Crippen LogP contribution in [0.1, 0.15) is 22.0 Å². The van der Waals surface area contributed by atoms with Gasteiger partial charge in [0.15, 0.2) is 0 Å². The van der Waals surface area contributed by atoms with Gasteiger partial charge in [0.05, 0.1) is 25.0 Å². The molecule has 0 unspecified atom stereocenters. The van der Waals surface area contributed by atoms with Crippen LogP contribution in [0.15, 0.2) is 60.9 Å². The van der Waals surface area contributed by atoms with Crippen molar-refractivity contribution in [3.63, 3.8) is 0 Å². The molecule has 11 heteroatoms. The number of rotatable bonds is 6. The first-order valence-electron chi connectivity index (χ1n) is 9.12. The Bertz CT molecular complexity index is 1020. The summed E-state index contributed by atoms with van der Waals surface area (Å²) in [6, 6.07) is 14.5. The second-order valence-electron chi connectivity index (χ2n) is 6.34. The molecule has 2 aromatic carbocycles. The molecule has 170 valence electrons. The average Bonchev–Trinajstić information content (AvgIpc) is 3.32. The molecule has 32 heavy (non-hydrogen) atoms. The average molecular weight is 451 g/mol. The number of aliphatic hydroxyl groups excluding tert-OH is 1. The molecular weight excluding hydrogens is 431 g/mol. The fourth-order valence-electron chi connectivity index (χ4n) is 2.54. The third-order valence-corrected chi connectivity index (χ3v) is 4.16. The minimum Gasteiger partial charge on any atom is -0.496 e. The summed E-state index contributed by atoms with van der Waals surface area (Å²) in [7, 11) is 1.52. The molecule has 0 aliphatic heterocycles. The van der Waals surface area contributed by atoms with Gasteiger partial charge in [-0.2, -0.15) is 18.3 Å². The van der Waals surface area contributed by atoms with E-state index in [1.54, 1.807) is 24.5 Å². The van der Waals surface area contributed by atoms with Crippen molar-refractivity contribution in [3.05, 3.63) is 72.1 Å². The van der Waals surface area contributed by atoms with Gasteiger partial charge in [0.25, 0.3) is 5.91 Å². The number of aliphatic carboxylic acids is 1. The van der Waals surface area contributed by atoms with E-state index in [1.807, 2.05) is 36.4 Å². The van der Waals surface area contributed by atoms with Crippen molar-refractivity contribution in [2.24, 2.45) is 0 Å². The highest BCUT2D eigenvalue weighted by Crippen LogP contribution is 2.26. The van der Waals surface area contributed by atoms with Crippen molar-refractivity contribution in [2.75, 3.05) is 13.7 Å². The van der Waals surface area contributed by atoms with E-state index in [2.05, 4.69) is 15.5 Å². The first-order chi connectivity index (χ1) is 15.1. The number of methoxy groups -OCH3 is 1. The van der Waals surface area contributed by atoms with Gasteiger partial charge in [-0.25, -0.2) is 4.79 Å². The standard InChI is InChI=1S/C19H19N3O3.C2HF3O2/c1-25-18-9-14(15-10-21-22-11-15)7-8-16(18)19(24)20-12-17(23)13-5-3-2-4-6-13;3-2(4,5)1(6)7/h2-11,17,23H,12H2,1H3,(H,20,24)(H,21,22);(H,6,7)/t17-;/m1./s1. The van der Waals surface area contributed by atoms with E-state index in [4.69, 9.17) is 14.6 Å². The van der Waals surface area contributed by atoms with E-state index in [0.29, 0.717) is 11.3 Å². The van der Waals surface area contributed by atoms with E-state index in [1.165, 1.54) is 7.11 Å². The lowest BCUT2D eigenvalue weighted by Gasteiger charge is -2.14. The molecular formula is C21H20F3N3O5. The molecule has 0 bridgehead atoms. The third-order valence-electron chi connectivity index (χ3n) is 4.16. The summed E-state index contributed by atoms with van der Waals surface area (Å²) in [5.74, 6) is -2.59. The summed E-state index contributed by atoms with van der Waals surface area (Å²) in [6.07, 6.45) is -2.38. The number of nitrogens with one attached hydrogen (secondary N) is 2. The zero-order chi connectivity index (χ0) is 23.7. The number of aromatic amines is 1. The second kappa shape index (κ2) is 11.0. The van der Waals surface area contributed by atoms with Crippen LogP contribution in [0.4, 0.5) is 13.2 Å². The van der Waals surface area contributed by atoms with Gasteiger partial charge >= 0.3 is 12.1 Å². The van der Waals surface area contributed by atoms with Gasteiger partial charge in [0.1, 0.15) is 5.75 Å². The zero-order valence-corrected chi connectivity index (χ0v) is 16.8. The SMILES string of the molecule is COc1cc(-c2cn[nH]c2)ccc1C(=O)NC[C@@H](O)c1ccccc1.O=C(O)C(F)(F)F. The van der Waals surface area contributed by atoms with Crippen LogP contribution >= 0.6 is 0 Å². The maximum atomic E-state index is 12.4. The van der Waals surface area contributed by atoms with Crippen molar-refractivity contribution in [1.29, 1.82) is 0 Å². The molecule has 0 radical (unpaired) electrons. The van der Waals surface area contributed by atoms with E-state index >= 15 is 0 Å². The van der Waals surface area contributed by atoms with Crippen LogP contribution in [-0.4, -0.2) is 52.1 Å². The van der Waals surface area contributed by atoms with E-state index in [9.17, 15) is 23.1 Å². The smallest absolute Gasteiger partial charge is 0.490 e. The number of H-pyrrole nitrogens is 1. The Balaban J connectivity index is 0.000000451. The number of hydrogen-bond acceptors (Lipinski definition) is 5. The fourth-order valence-corrected chi connectivity index (χ4v) is 2.54. The number of hydrogen-bond donors (Lipinski definition) is 4. The number of carboxylic acids is 1. The normalized spacial score (nSPS) is 11.7. The van der Waals surface area contributed by atoms with Gasteiger partial charge in [-0.1, -0.05) is 36.4 Å². The Morgan fingerprint density at radius 2 is 1.81 bits per heavy atom. The maximum absolute atomic E-state index is 12.4. The number of nitrogens with zero attached hydrogens (tertiary/aromatic N) is 1. The molecule has 3 rings (SSSR count). The molecule has 0 saturated carbocycles. The molecule has 1 heterocycles. The maximum Gasteiger partial charge on any atom is 0.490 e. The molecule has 4 N–H and O–H groups in total. The summed E-state index contributed by atoms with van der Waals surface area (Å²) in [6.45, 7) is 0.121. The van der Waals surface area contributed by atoms with E-state index < -0.39 is 18.2 Å². The molecule has 3 aromatic rings. The molecule has 8 nitrogen and oxygen atoms in total. The number of ether oxygens (including phenoxy) is 1. The molecule has 0 fully saturated rings. The molecule has 0 saturated heterocycles. The lowest BCUT2D eigenvalue weighted by molar-refractivity contribution is -0.192. The minimum absolute atomic E-state index is 0.121. The molecule has 0 spiro atoms. The highest BCUT2D eigenvalue weighted by Gasteiger charge is 2.38. The Morgan fingerprint density at radius 1 is 1.16 bits per heavy atom. The van der Waals surface area contributed by atoms with Crippen molar-refractivity contribution in [1.82, 2.24) is 15.5 Å². The van der Waals surface area contributed by atoms with Gasteiger partial charge in [-0.15, -0.1) is 0 Å². The quantitative estimate of drug-likeness (QED) is 0.456. The van der Waals surface area contributed by atoms with Crippen LogP contribution in [0, 0.1) is 0 Å². The van der Waals surface area contributed by atoms with Crippen molar-refractivity contribution < 1.29 is 37.7 Å². The Kier molecular flexibility index (Phi) is 8.36. The molecule has 0 aliphatic carbocycles. The number of carbonyl (C=O) groups excluding carboxylic acids is 1. The van der Waals surface area contributed by atoms with E-state index in [-0.39, 0.29) is 12.5 Å². The molecule has 1 atom stereocenters. The first kappa shape index (κ1) is 24.4. The summed E-state index contributed by atoms with van der Waals surface area (Å²) in [5, 5.41) is 26.7.